The summed E-state index contributed by atoms with van der Waals surface area (Å²) >= 11 is 0. The van der Waals surface area contributed by atoms with Crippen molar-refractivity contribution in [2.75, 3.05) is 38.6 Å². The van der Waals surface area contributed by atoms with Crippen LogP contribution in [0.25, 0.3) is 11.0 Å². The normalized spacial score (nSPS) is 17.3. The van der Waals surface area contributed by atoms with Gasteiger partial charge in [0.25, 0.3) is 0 Å². The summed E-state index contributed by atoms with van der Waals surface area (Å²) in [5.41, 5.74) is 0.330. The van der Waals surface area contributed by atoms with Crippen LogP contribution in [0.5, 0.6) is 5.75 Å². The van der Waals surface area contributed by atoms with Crippen molar-refractivity contribution in [1.82, 2.24) is 10.00 Å². The van der Waals surface area contributed by atoms with Crippen LogP contribution in [0.15, 0.2) is 18.2 Å². The Balaban J connectivity index is 1.54. The van der Waals surface area contributed by atoms with Crippen molar-refractivity contribution in [2.45, 2.75) is 25.1 Å². The zero-order chi connectivity index (χ0) is 21.9. The van der Waals surface area contributed by atoms with E-state index in [1.807, 2.05) is 0 Å². The van der Waals surface area contributed by atoms with Crippen molar-refractivity contribution in [3.05, 3.63) is 23.1 Å². The Hall–Kier alpha value is -3.09. The molecule has 0 bridgehead atoms. The third-order valence-electron chi connectivity index (χ3n) is 4.60. The van der Waals surface area contributed by atoms with Gasteiger partial charge < -0.3 is 14.7 Å². The molecule has 0 aliphatic carbocycles. The third-order valence-corrected chi connectivity index (χ3v) is 4.60. The van der Waals surface area contributed by atoms with Gasteiger partial charge in [-0.25, -0.2) is 0 Å². The number of carbonyl (C=O) groups excluding carboxylic acids is 1. The van der Waals surface area contributed by atoms with Crippen molar-refractivity contribution in [1.29, 1.82) is 0 Å². The maximum atomic E-state index is 12.4. The smallest absolute Gasteiger partial charge is 0.449 e. The fraction of sp³-hybridized carbons (Fsp3) is 0.529. The van der Waals surface area contributed by atoms with E-state index in [0.717, 1.165) is 0 Å². The monoisotopic (exact) mass is 433 g/mol. The molecule has 1 aliphatic rings. The summed E-state index contributed by atoms with van der Waals surface area (Å²) in [5.74, 6) is -0.235. The highest BCUT2D eigenvalue weighted by atomic mass is 19.4. The summed E-state index contributed by atoms with van der Waals surface area (Å²) in [6.45, 7) is -0.772. The summed E-state index contributed by atoms with van der Waals surface area (Å²) in [6.07, 6.45) is -4.66. The van der Waals surface area contributed by atoms with Crippen molar-refractivity contribution in [2.24, 2.45) is 0 Å². The number of aromatic nitrogens is 3. The highest BCUT2D eigenvalue weighted by Gasteiger charge is 2.35. The number of H-pyrrole nitrogens is 1. The van der Waals surface area contributed by atoms with Crippen LogP contribution < -0.4 is 19.3 Å². The van der Waals surface area contributed by atoms with Crippen LogP contribution in [0.3, 0.4) is 0 Å². The minimum Gasteiger partial charge on any atom is -0.497 e. The number of alkyl halides is 3. The SMILES string of the molecule is COc1ccc2c(c1)[n+](O)c(NCCC(=O)OC1CCN(CC(F)(F)F)C1)[nH][n+]2=O. The van der Waals surface area contributed by atoms with E-state index >= 15 is 0 Å². The van der Waals surface area contributed by atoms with E-state index in [1.54, 1.807) is 6.07 Å². The first-order valence-corrected chi connectivity index (χ1v) is 9.16. The average Bonchev–Trinajstić information content (AvgIpc) is 3.09. The molecular weight excluding hydrogens is 411 g/mol. The van der Waals surface area contributed by atoms with E-state index in [4.69, 9.17) is 9.47 Å². The van der Waals surface area contributed by atoms with Gasteiger partial charge in [0.1, 0.15) is 11.9 Å². The van der Waals surface area contributed by atoms with Crippen molar-refractivity contribution >= 4 is 23.0 Å². The first-order chi connectivity index (χ1) is 14.2. The molecule has 164 valence electrons. The molecule has 1 atom stereocenters. The Morgan fingerprint density at radius 2 is 2.17 bits per heavy atom. The Morgan fingerprint density at radius 3 is 2.87 bits per heavy atom. The summed E-state index contributed by atoms with van der Waals surface area (Å²) in [7, 11) is 1.45. The molecule has 1 aromatic heterocycles. The number of esters is 1. The average molecular weight is 433 g/mol. The van der Waals surface area contributed by atoms with Crippen LogP contribution in [0.2, 0.25) is 0 Å². The molecule has 1 aromatic carbocycles. The number of fused-ring (bicyclic) bond motifs is 1. The van der Waals surface area contributed by atoms with Gasteiger partial charge in [-0.15, -0.1) is 0 Å². The molecule has 0 saturated carbocycles. The second-order valence-electron chi connectivity index (χ2n) is 6.85. The van der Waals surface area contributed by atoms with Gasteiger partial charge in [-0.3, -0.25) is 15.0 Å². The zero-order valence-electron chi connectivity index (χ0n) is 16.1. The quantitative estimate of drug-likeness (QED) is 0.333. The molecule has 0 radical (unpaired) electrons. The lowest BCUT2D eigenvalue weighted by atomic mass is 10.3. The molecular formula is C17H22F3N5O5+2. The predicted octanol–water partition coefficient (Wildman–Crippen LogP) is 0.598. The van der Waals surface area contributed by atoms with Crippen LogP contribution in [0.1, 0.15) is 12.8 Å². The fourth-order valence-corrected chi connectivity index (χ4v) is 3.23. The second kappa shape index (κ2) is 8.73. The van der Waals surface area contributed by atoms with Gasteiger partial charge in [-0.2, -0.15) is 13.2 Å². The van der Waals surface area contributed by atoms with Crippen LogP contribution in [-0.4, -0.2) is 66.7 Å². The number of nitrogens with zero attached hydrogens (tertiary/aromatic N) is 3. The van der Waals surface area contributed by atoms with E-state index in [2.05, 4.69) is 10.4 Å². The van der Waals surface area contributed by atoms with Gasteiger partial charge in [0, 0.05) is 30.3 Å². The van der Waals surface area contributed by atoms with Gasteiger partial charge >= 0.3 is 23.6 Å². The summed E-state index contributed by atoms with van der Waals surface area (Å²) < 4.78 is 48.7. The number of anilines is 1. The molecule has 2 aromatic rings. The number of benzene rings is 1. The van der Waals surface area contributed by atoms with E-state index in [9.17, 15) is 28.1 Å². The van der Waals surface area contributed by atoms with Crippen LogP contribution in [0, 0.1) is 4.91 Å². The Kier molecular flexibility index (Phi) is 6.29. The minimum atomic E-state index is -4.29. The summed E-state index contributed by atoms with van der Waals surface area (Å²) in [6, 6.07) is 4.49. The van der Waals surface area contributed by atoms with Gasteiger partial charge in [0.05, 0.1) is 31.5 Å². The highest BCUT2D eigenvalue weighted by molar-refractivity contribution is 5.70. The molecule has 1 aliphatic heterocycles. The molecule has 0 amide bonds. The Bertz CT molecular complexity index is 981. The Morgan fingerprint density at radius 1 is 1.40 bits per heavy atom. The van der Waals surface area contributed by atoms with Gasteiger partial charge in [-0.05, 0) is 17.2 Å². The van der Waals surface area contributed by atoms with Crippen LogP contribution in [-0.2, 0) is 9.53 Å². The minimum absolute atomic E-state index is 0.0182. The summed E-state index contributed by atoms with van der Waals surface area (Å²) in [4.78, 5) is 25.2. The predicted molar refractivity (Wildman–Crippen MR) is 95.7 cm³/mol. The molecule has 30 heavy (non-hydrogen) atoms. The van der Waals surface area contributed by atoms with Gasteiger partial charge in [-0.1, -0.05) is 0 Å². The zero-order valence-corrected chi connectivity index (χ0v) is 16.1. The van der Waals surface area contributed by atoms with Crippen molar-refractivity contribution in [3.63, 3.8) is 0 Å². The van der Waals surface area contributed by atoms with E-state index in [0.29, 0.717) is 21.4 Å². The Labute approximate surface area is 168 Å². The first kappa shape index (κ1) is 21.6. The topological polar surface area (TPSA) is 114 Å². The molecule has 1 unspecified atom stereocenters. The number of rotatable bonds is 7. The fourth-order valence-electron chi connectivity index (χ4n) is 3.23. The number of methoxy groups -OCH3 is 1. The lowest BCUT2D eigenvalue weighted by Gasteiger charge is -2.17. The molecule has 2 heterocycles. The molecule has 1 fully saturated rings. The number of hydrogen-bond acceptors (Lipinski definition) is 7. The third kappa shape index (κ3) is 5.28. The van der Waals surface area contributed by atoms with Crippen LogP contribution in [0.4, 0.5) is 19.1 Å². The number of aromatic amines is 1. The number of nitrogens with one attached hydrogen (secondary N) is 2. The largest absolute Gasteiger partial charge is 0.497 e. The molecule has 10 nitrogen and oxygen atoms in total. The maximum absolute atomic E-state index is 12.4. The second-order valence-corrected chi connectivity index (χ2v) is 6.85. The number of likely N-dealkylation sites (tertiary alicyclic amines) is 1. The lowest BCUT2D eigenvalue weighted by Crippen LogP contribution is -2.42. The van der Waals surface area contributed by atoms with Crippen molar-refractivity contribution < 1.29 is 41.9 Å². The number of hydrogen-bond donors (Lipinski definition) is 3. The van der Waals surface area contributed by atoms with E-state index in [-0.39, 0.29) is 43.0 Å². The van der Waals surface area contributed by atoms with Gasteiger partial charge in [0.15, 0.2) is 0 Å². The highest BCUT2D eigenvalue weighted by Crippen LogP contribution is 2.21. The standard InChI is InChI=1S/C17H21F3N5O5/c1-29-11-2-3-13-14(8-11)24(27)16(22-25(13)28)21-6-4-15(26)30-12-5-7-23(9-12)10-17(18,19)20/h2-3,8,12,27H,4-7,9-10H2,1H3,(H,21,22,28)/q+1/p+1. The van der Waals surface area contributed by atoms with Crippen LogP contribution >= 0.6 is 0 Å². The molecule has 3 N–H and O–H groups in total. The molecule has 13 heteroatoms. The summed E-state index contributed by atoms with van der Waals surface area (Å²) in [5, 5.41) is 15.4. The van der Waals surface area contributed by atoms with Gasteiger partial charge in [0.2, 0.25) is 10.1 Å². The number of halogens is 3. The van der Waals surface area contributed by atoms with E-state index < -0.39 is 24.8 Å². The maximum Gasteiger partial charge on any atom is 0.449 e. The number of ether oxygens (including phenoxy) is 2. The number of carbonyl (C=O) groups is 1. The van der Waals surface area contributed by atoms with Crippen molar-refractivity contribution in [3.8, 4) is 5.75 Å². The van der Waals surface area contributed by atoms with E-state index in [1.165, 1.54) is 24.1 Å². The first-order valence-electron chi connectivity index (χ1n) is 9.16. The molecule has 1 saturated heterocycles. The molecule has 0 spiro atoms. The lowest BCUT2D eigenvalue weighted by molar-refractivity contribution is -0.881. The molecule has 3 rings (SSSR count).